The normalized spacial score (nSPS) is 17.6. The van der Waals surface area contributed by atoms with E-state index in [0.717, 1.165) is 25.3 Å². The minimum absolute atomic E-state index is 0.113. The maximum absolute atomic E-state index is 11.4. The van der Waals surface area contributed by atoms with E-state index in [0.29, 0.717) is 40.8 Å². The van der Waals surface area contributed by atoms with Gasteiger partial charge in [-0.2, -0.15) is 0 Å². The quantitative estimate of drug-likeness (QED) is 0.503. The Morgan fingerprint density at radius 1 is 1.24 bits per heavy atom. The minimum atomic E-state index is 0.113. The van der Waals surface area contributed by atoms with Crippen LogP contribution in [0.3, 0.4) is 0 Å². The van der Waals surface area contributed by atoms with Gasteiger partial charge in [-0.15, -0.1) is 5.10 Å². The molecular formula is C25H31N7O2. The lowest BCUT2D eigenvalue weighted by atomic mass is 9.80. The first kappa shape index (κ1) is 22.4. The number of imidazole rings is 1. The zero-order valence-electron chi connectivity index (χ0n) is 19.8. The van der Waals surface area contributed by atoms with Crippen LogP contribution in [0.4, 0.5) is 5.82 Å². The smallest absolute Gasteiger partial charge is 0.237 e. The molecule has 0 saturated carbocycles. The number of likely N-dealkylation sites (tertiary alicyclic amines) is 2. The number of nitrogens with one attached hydrogen (secondary N) is 2. The minimum Gasteiger partial charge on any atom is -0.438 e. The zero-order valence-corrected chi connectivity index (χ0v) is 19.8. The molecule has 0 atom stereocenters. The zero-order chi connectivity index (χ0) is 23.7. The van der Waals surface area contributed by atoms with E-state index < -0.39 is 0 Å². The number of carbonyl (C=O) groups excluding carboxylic acids is 1. The third-order valence-corrected chi connectivity index (χ3v) is 6.39. The fourth-order valence-electron chi connectivity index (χ4n) is 5.03. The second-order valence-electron chi connectivity index (χ2n) is 9.64. The fourth-order valence-corrected chi connectivity index (χ4v) is 5.03. The standard InChI is InChI=1S/C25H31N7O2/c1-18(33)11-20-5-4-6-21(12-20)34-24-8-7-23-28-22(13-32(23)29-24)27-19(2)26-17-31-10-9-25(16-31)14-30(3)15-25/h4-8,12-13,26-27H,2,9-11,14-17H2,1,3H3. The molecule has 5 rings (SSSR count). The van der Waals surface area contributed by atoms with Crippen LogP contribution in [-0.2, 0) is 11.2 Å². The van der Waals surface area contributed by atoms with Crippen molar-refractivity contribution in [3.63, 3.8) is 0 Å². The Morgan fingerprint density at radius 3 is 2.88 bits per heavy atom. The second kappa shape index (κ2) is 9.08. The Labute approximate surface area is 199 Å². The highest BCUT2D eigenvalue weighted by atomic mass is 16.5. The number of benzene rings is 1. The number of anilines is 1. The van der Waals surface area contributed by atoms with E-state index in [1.165, 1.54) is 19.5 Å². The van der Waals surface area contributed by atoms with Gasteiger partial charge in [-0.05, 0) is 44.2 Å². The van der Waals surface area contributed by atoms with Crippen LogP contribution in [0.15, 0.2) is 55.0 Å². The Morgan fingerprint density at radius 2 is 2.09 bits per heavy atom. The van der Waals surface area contributed by atoms with Gasteiger partial charge in [-0.25, -0.2) is 9.50 Å². The van der Waals surface area contributed by atoms with Crippen molar-refractivity contribution in [1.82, 2.24) is 29.7 Å². The van der Waals surface area contributed by atoms with Gasteiger partial charge in [0.1, 0.15) is 11.5 Å². The van der Waals surface area contributed by atoms with Crippen LogP contribution in [0.1, 0.15) is 18.9 Å². The van der Waals surface area contributed by atoms with Gasteiger partial charge in [0.25, 0.3) is 0 Å². The van der Waals surface area contributed by atoms with Crippen LogP contribution in [0.25, 0.3) is 5.65 Å². The topological polar surface area (TPSA) is 87.0 Å². The molecule has 2 N–H and O–H groups in total. The van der Waals surface area contributed by atoms with E-state index in [1.807, 2.05) is 30.3 Å². The SMILES string of the molecule is C=C(NCN1CCC2(CN(C)C2)C1)Nc1cn2nc(Oc3cccc(CC(C)=O)c3)ccc2n1. The summed E-state index contributed by atoms with van der Waals surface area (Å²) in [6.45, 7) is 11.1. The molecule has 0 amide bonds. The number of hydrogen-bond acceptors (Lipinski definition) is 8. The van der Waals surface area contributed by atoms with Crippen LogP contribution >= 0.6 is 0 Å². The Kier molecular flexibility index (Phi) is 5.97. The number of carbonyl (C=O) groups is 1. The van der Waals surface area contributed by atoms with E-state index in [9.17, 15) is 4.79 Å². The molecule has 1 spiro atoms. The molecule has 2 fully saturated rings. The number of ketones is 1. The molecule has 2 aromatic heterocycles. The van der Waals surface area contributed by atoms with Gasteiger partial charge in [-0.1, -0.05) is 18.7 Å². The Bertz CT molecular complexity index is 1210. The van der Waals surface area contributed by atoms with Gasteiger partial charge in [0.2, 0.25) is 5.88 Å². The van der Waals surface area contributed by atoms with E-state index in [-0.39, 0.29) is 5.78 Å². The maximum atomic E-state index is 11.4. The van der Waals surface area contributed by atoms with E-state index >= 15 is 0 Å². The van der Waals surface area contributed by atoms with Crippen molar-refractivity contribution in [3.8, 4) is 11.6 Å². The summed E-state index contributed by atoms with van der Waals surface area (Å²) in [5.74, 6) is 2.55. The highest BCUT2D eigenvalue weighted by molar-refractivity contribution is 5.78. The van der Waals surface area contributed by atoms with Gasteiger partial charge < -0.3 is 20.3 Å². The number of ether oxygens (including phenoxy) is 1. The molecule has 0 radical (unpaired) electrons. The summed E-state index contributed by atoms with van der Waals surface area (Å²) >= 11 is 0. The lowest BCUT2D eigenvalue weighted by Crippen LogP contribution is -2.55. The van der Waals surface area contributed by atoms with Crippen molar-refractivity contribution in [1.29, 1.82) is 0 Å². The van der Waals surface area contributed by atoms with Gasteiger partial charge in [0, 0.05) is 44.1 Å². The molecule has 3 aromatic rings. The fraction of sp³-hybridized carbons (Fsp3) is 0.400. The van der Waals surface area contributed by atoms with Crippen LogP contribution < -0.4 is 15.4 Å². The van der Waals surface area contributed by atoms with Crippen LogP contribution in [0.5, 0.6) is 11.6 Å². The number of rotatable bonds is 9. The summed E-state index contributed by atoms with van der Waals surface area (Å²) < 4.78 is 7.57. The van der Waals surface area contributed by atoms with Crippen molar-refractivity contribution in [2.75, 3.05) is 45.2 Å². The third kappa shape index (κ3) is 5.05. The lowest BCUT2D eigenvalue weighted by Gasteiger charge is -2.46. The molecule has 178 valence electrons. The number of hydrogen-bond donors (Lipinski definition) is 2. The summed E-state index contributed by atoms with van der Waals surface area (Å²) in [4.78, 5) is 20.8. The van der Waals surface area contributed by atoms with E-state index in [1.54, 1.807) is 23.7 Å². The molecule has 2 aliphatic rings. The van der Waals surface area contributed by atoms with Gasteiger partial charge in [-0.3, -0.25) is 9.69 Å². The summed E-state index contributed by atoms with van der Waals surface area (Å²) in [7, 11) is 2.19. The predicted octanol–water partition coefficient (Wildman–Crippen LogP) is 2.72. The number of nitrogens with zero attached hydrogens (tertiary/aromatic N) is 5. The Balaban J connectivity index is 1.16. The number of fused-ring (bicyclic) bond motifs is 1. The predicted molar refractivity (Wildman–Crippen MR) is 131 cm³/mol. The molecule has 2 aliphatic heterocycles. The molecule has 4 heterocycles. The molecule has 0 unspecified atom stereocenters. The molecule has 0 bridgehead atoms. The average molecular weight is 462 g/mol. The van der Waals surface area contributed by atoms with Crippen molar-refractivity contribution in [2.45, 2.75) is 19.8 Å². The van der Waals surface area contributed by atoms with E-state index in [2.05, 4.69) is 44.1 Å². The molecule has 9 nitrogen and oxygen atoms in total. The van der Waals surface area contributed by atoms with Crippen molar-refractivity contribution >= 4 is 17.2 Å². The summed E-state index contributed by atoms with van der Waals surface area (Å²) in [6.07, 6.45) is 3.45. The summed E-state index contributed by atoms with van der Waals surface area (Å²) in [5, 5.41) is 11.1. The lowest BCUT2D eigenvalue weighted by molar-refractivity contribution is -0.116. The van der Waals surface area contributed by atoms with Gasteiger partial charge in [0.05, 0.1) is 18.7 Å². The second-order valence-corrected chi connectivity index (χ2v) is 9.64. The summed E-state index contributed by atoms with van der Waals surface area (Å²) in [5.41, 5.74) is 2.10. The van der Waals surface area contributed by atoms with Crippen molar-refractivity contribution in [3.05, 3.63) is 60.6 Å². The largest absolute Gasteiger partial charge is 0.438 e. The van der Waals surface area contributed by atoms with Crippen molar-refractivity contribution < 1.29 is 9.53 Å². The van der Waals surface area contributed by atoms with Crippen LogP contribution in [0.2, 0.25) is 0 Å². The highest BCUT2D eigenvalue weighted by Gasteiger charge is 2.45. The van der Waals surface area contributed by atoms with Gasteiger partial charge in [0.15, 0.2) is 11.5 Å². The van der Waals surface area contributed by atoms with Crippen molar-refractivity contribution in [2.24, 2.45) is 5.41 Å². The monoisotopic (exact) mass is 461 g/mol. The number of Topliss-reactive ketones (excluding diaryl/α,β-unsaturated/α-hetero) is 1. The molecule has 2 saturated heterocycles. The van der Waals surface area contributed by atoms with Gasteiger partial charge >= 0.3 is 0 Å². The first-order chi connectivity index (χ1) is 16.4. The third-order valence-electron chi connectivity index (χ3n) is 6.39. The van der Waals surface area contributed by atoms with E-state index in [4.69, 9.17) is 4.74 Å². The van der Waals surface area contributed by atoms with Crippen LogP contribution in [0, 0.1) is 5.41 Å². The average Bonchev–Trinajstić information content (AvgIpc) is 3.35. The molecule has 1 aromatic carbocycles. The highest BCUT2D eigenvalue weighted by Crippen LogP contribution is 2.38. The number of aromatic nitrogens is 3. The molecule has 0 aliphatic carbocycles. The molecule has 34 heavy (non-hydrogen) atoms. The maximum Gasteiger partial charge on any atom is 0.237 e. The van der Waals surface area contributed by atoms with Crippen LogP contribution in [-0.4, -0.2) is 70.1 Å². The molecule has 9 heteroatoms. The summed E-state index contributed by atoms with van der Waals surface area (Å²) in [6, 6.07) is 11.1. The Hall–Kier alpha value is -3.43. The molecular weight excluding hydrogens is 430 g/mol. The first-order valence-electron chi connectivity index (χ1n) is 11.6. The first-order valence-corrected chi connectivity index (χ1v) is 11.6.